The number of fused-ring (bicyclic) bond motifs is 2. The number of nitrogens with zero attached hydrogens (tertiary/aromatic N) is 7. The molecule has 0 aromatic heterocycles. The minimum atomic E-state index is -5.76. The molecule has 0 radical (unpaired) electrons. The Morgan fingerprint density at radius 2 is 0.889 bits per heavy atom. The number of azo groups is 3. The molecular weight excluding hydrogens is 1120 g/mol. The second kappa shape index (κ2) is 18.1. The number of nitro groups is 1. The van der Waals surface area contributed by atoms with Crippen LogP contribution in [0, 0.1) is 10.1 Å². The van der Waals surface area contributed by atoms with Gasteiger partial charge < -0.3 is 15.9 Å². The number of benzene rings is 6. The molecule has 6 rings (SSSR count). The fourth-order valence-electron chi connectivity index (χ4n) is 6.26. The summed E-state index contributed by atoms with van der Waals surface area (Å²) in [5, 5.41) is 50.5. The molecule has 0 amide bonds. The highest BCUT2D eigenvalue weighted by Gasteiger charge is 2.31. The lowest BCUT2D eigenvalue weighted by Gasteiger charge is -2.15. The van der Waals surface area contributed by atoms with Gasteiger partial charge in [-0.1, -0.05) is 0 Å². The lowest BCUT2D eigenvalue weighted by atomic mass is 10.0. The zero-order valence-corrected chi connectivity index (χ0v) is 39.7. The van der Waals surface area contributed by atoms with Crippen molar-refractivity contribution in [2.45, 2.75) is 34.3 Å². The number of anilines is 1. The summed E-state index contributed by atoms with van der Waals surface area (Å²) in [5.41, 5.74) is -2.42. The molecule has 6 aromatic rings. The third kappa shape index (κ3) is 11.0. The van der Waals surface area contributed by atoms with Gasteiger partial charge in [-0.3, -0.25) is 42.0 Å². The Balaban J connectivity index is 1.61. The average Bonchev–Trinajstić information content (AvgIpc) is 3.22. The van der Waals surface area contributed by atoms with Crippen molar-refractivity contribution in [3.63, 3.8) is 0 Å². The van der Waals surface area contributed by atoms with Crippen LogP contribution in [0.15, 0.2) is 132 Å². The first-order valence-corrected chi connectivity index (χ1v) is 27.7. The fraction of sp³-hybridized carbons (Fsp3) is 0. The van der Waals surface area contributed by atoms with Gasteiger partial charge >= 0.3 is 0 Å². The molecule has 0 fully saturated rings. The predicted octanol–water partition coefficient (Wildman–Crippen LogP) is 4.87. The van der Waals surface area contributed by atoms with Gasteiger partial charge in [0.2, 0.25) is 0 Å². The molecule has 0 saturated heterocycles. The molecule has 0 heterocycles. The van der Waals surface area contributed by atoms with Crippen molar-refractivity contribution in [2.24, 2.45) is 30.7 Å². The van der Waals surface area contributed by atoms with Crippen molar-refractivity contribution < 1.29 is 106 Å². The molecule has 6 aromatic carbocycles. The third-order valence-corrected chi connectivity index (χ3v) is 15.4. The maximum Gasteiger partial charge on any atom is 0.297 e. The molecule has 11 N–H and O–H groups in total. The molecule has 0 unspecified atom stereocenters. The van der Waals surface area contributed by atoms with E-state index in [1.165, 1.54) is 0 Å². The number of phenolic OH excluding ortho intramolecular Hbond substituents is 2. The first-order chi connectivity index (χ1) is 32.7. The number of phenols is 2. The van der Waals surface area contributed by atoms with E-state index in [0.29, 0.717) is 48.5 Å². The number of hydrogen-bond donors (Lipinski definition) is 10. The zero-order chi connectivity index (χ0) is 54.2. The Hall–Kier alpha value is -7.19. The van der Waals surface area contributed by atoms with Crippen LogP contribution in [0.4, 0.5) is 45.5 Å². The largest absolute Gasteiger partial charge is 0.505 e. The first kappa shape index (κ1) is 54.1. The molecule has 0 aliphatic rings. The van der Waals surface area contributed by atoms with Gasteiger partial charge in [0.25, 0.3) is 76.5 Å². The van der Waals surface area contributed by atoms with Gasteiger partial charge in [-0.05, 0) is 54.6 Å². The highest BCUT2D eigenvalue weighted by Crippen LogP contribution is 2.50. The van der Waals surface area contributed by atoms with Gasteiger partial charge in [-0.2, -0.15) is 64.0 Å². The van der Waals surface area contributed by atoms with Crippen LogP contribution in [0.25, 0.3) is 21.5 Å². The standard InChI is InChI=1S/C32H22N8O25S7/c33-27-21(11-22(68(51,52)53)18-10-25(71(60,61)62)29(31(42)26(18)27)39-35-19-3-1-13(40(43)44)7-23(19)69(54,55)56)37-36-20-4-2-16-17(32(20)72(63,64)65)9-24(70(57,58)59)28(30(16)41)38-34-12-5-14(66(45,46)47)8-15(6-12)67(48,49)50/h1-11,41-42H,33H2,(H,45,46,47)(H,48,49,50)(H,51,52,53)(H,54,55,56)(H,57,58,59)(H,60,61,62)(H,63,64,65). The van der Waals surface area contributed by atoms with E-state index in [1.54, 1.807) is 0 Å². The summed E-state index contributed by atoms with van der Waals surface area (Å²) in [5.74, 6) is -2.99. The van der Waals surface area contributed by atoms with E-state index in [1.807, 2.05) is 0 Å². The van der Waals surface area contributed by atoms with Gasteiger partial charge in [0.15, 0.2) is 11.5 Å². The number of hydrogen-bond acceptors (Lipinski definition) is 25. The molecule has 33 nitrogen and oxygen atoms in total. The summed E-state index contributed by atoms with van der Waals surface area (Å²) in [7, 11) is -38.7. The van der Waals surface area contributed by atoms with E-state index in [-0.39, 0.29) is 18.2 Å². The van der Waals surface area contributed by atoms with Crippen molar-refractivity contribution in [2.75, 3.05) is 5.73 Å². The summed E-state index contributed by atoms with van der Waals surface area (Å²) < 4.78 is 242. The monoisotopic (exact) mass is 1140 g/mol. The lowest BCUT2D eigenvalue weighted by Crippen LogP contribution is -2.04. The highest BCUT2D eigenvalue weighted by atomic mass is 32.2. The molecule has 0 aliphatic heterocycles. The molecule has 0 bridgehead atoms. The van der Waals surface area contributed by atoms with Crippen LogP contribution in [0.5, 0.6) is 11.5 Å². The number of nitro benzene ring substituents is 1. The number of non-ortho nitro benzene ring substituents is 1. The summed E-state index contributed by atoms with van der Waals surface area (Å²) >= 11 is 0. The van der Waals surface area contributed by atoms with Gasteiger partial charge in [0, 0.05) is 28.3 Å². The maximum absolute atomic E-state index is 12.9. The third-order valence-electron chi connectivity index (χ3n) is 9.25. The molecular formula is C32H22N8O25S7. The topological polar surface area (TPSA) is 564 Å². The second-order valence-corrected chi connectivity index (χ2v) is 23.6. The molecule has 0 saturated carbocycles. The van der Waals surface area contributed by atoms with E-state index in [0.717, 1.165) is 0 Å². The smallest absolute Gasteiger partial charge is 0.297 e. The van der Waals surface area contributed by atoms with E-state index >= 15 is 0 Å². The van der Waals surface area contributed by atoms with Gasteiger partial charge in [-0.15, -0.1) is 25.6 Å². The van der Waals surface area contributed by atoms with Crippen molar-refractivity contribution >= 4 is 138 Å². The van der Waals surface area contributed by atoms with Crippen LogP contribution in [0.2, 0.25) is 0 Å². The van der Waals surface area contributed by atoms with Crippen LogP contribution >= 0.6 is 0 Å². The Morgan fingerprint density at radius 3 is 1.38 bits per heavy atom. The van der Waals surface area contributed by atoms with Crippen LogP contribution in [-0.4, -0.2) is 106 Å². The minimum Gasteiger partial charge on any atom is -0.505 e. The Bertz CT molecular complexity index is 4310. The molecule has 0 spiro atoms. The minimum absolute atomic E-state index is 0.233. The predicted molar refractivity (Wildman–Crippen MR) is 236 cm³/mol. The number of nitrogen functional groups attached to an aromatic ring is 1. The van der Waals surface area contributed by atoms with Crippen LogP contribution in [0.3, 0.4) is 0 Å². The average molecular weight is 1140 g/mol. The molecule has 382 valence electrons. The zero-order valence-electron chi connectivity index (χ0n) is 34.0. The van der Waals surface area contributed by atoms with Crippen molar-refractivity contribution in [3.05, 3.63) is 76.8 Å². The summed E-state index contributed by atoms with van der Waals surface area (Å²) in [6, 6.07) is 4.74. The summed E-state index contributed by atoms with van der Waals surface area (Å²) in [6.07, 6.45) is 0. The number of aromatic hydroxyl groups is 2. The molecule has 40 heteroatoms. The van der Waals surface area contributed by atoms with E-state index in [4.69, 9.17) is 5.73 Å². The Kier molecular flexibility index (Phi) is 13.6. The number of nitrogens with two attached hydrogens (primary N) is 1. The Labute approximate surface area is 400 Å². The summed E-state index contributed by atoms with van der Waals surface area (Å²) in [4.78, 5) is 0.416. The van der Waals surface area contributed by atoms with Crippen molar-refractivity contribution in [1.82, 2.24) is 0 Å². The van der Waals surface area contributed by atoms with E-state index in [2.05, 4.69) is 30.7 Å². The van der Waals surface area contributed by atoms with Gasteiger partial charge in [0.05, 0.1) is 31.5 Å². The first-order valence-electron chi connectivity index (χ1n) is 17.7. The van der Waals surface area contributed by atoms with Gasteiger partial charge in [0.1, 0.15) is 52.9 Å². The fourth-order valence-corrected chi connectivity index (χ4v) is 10.9. The number of rotatable bonds is 14. The van der Waals surface area contributed by atoms with Gasteiger partial charge in [-0.25, -0.2) is 0 Å². The molecule has 72 heavy (non-hydrogen) atoms. The lowest BCUT2D eigenvalue weighted by molar-refractivity contribution is -0.385. The normalized spacial score (nSPS) is 13.5. The molecule has 0 aliphatic carbocycles. The van der Waals surface area contributed by atoms with E-state index in [9.17, 15) is 111 Å². The highest BCUT2D eigenvalue weighted by molar-refractivity contribution is 7.87. The Morgan fingerprint density at radius 1 is 0.431 bits per heavy atom. The van der Waals surface area contributed by atoms with Crippen LogP contribution in [-0.2, 0) is 70.8 Å². The SMILES string of the molecule is Nc1c(N=Nc2ccc3c(O)c(N=Nc4cc(S(=O)(=O)O)cc(S(=O)(=O)O)c4)c(S(=O)(=O)O)cc3c2S(=O)(=O)O)cc(S(=O)(=O)O)c2cc(S(=O)(=O)O)c(N=Nc3ccc([N+](=O)[O-])cc3S(=O)(=O)O)c(O)c12. The quantitative estimate of drug-likeness (QED) is 0.0229. The van der Waals surface area contributed by atoms with Crippen LogP contribution in [0.1, 0.15) is 0 Å². The van der Waals surface area contributed by atoms with Crippen LogP contribution < -0.4 is 5.73 Å². The molecule has 0 atom stereocenters. The summed E-state index contributed by atoms with van der Waals surface area (Å²) in [6.45, 7) is 0. The van der Waals surface area contributed by atoms with E-state index < -0.39 is 189 Å². The maximum atomic E-state index is 12.9. The second-order valence-electron chi connectivity index (χ2n) is 13.9. The van der Waals surface area contributed by atoms with Crippen molar-refractivity contribution in [3.8, 4) is 11.5 Å². The van der Waals surface area contributed by atoms with Crippen molar-refractivity contribution in [1.29, 1.82) is 0 Å².